The molecule has 3 atom stereocenters. The molecule has 2 heteroatoms. The number of hydrogen-bond acceptors (Lipinski definition) is 2. The van der Waals surface area contributed by atoms with Crippen molar-refractivity contribution in [2.24, 2.45) is 11.8 Å². The molecule has 3 rings (SSSR count). The number of epoxide rings is 1. The first kappa shape index (κ1) is 5.30. The molecule has 0 radical (unpaired) electrons. The van der Waals surface area contributed by atoms with Gasteiger partial charge in [-0.3, -0.25) is 4.79 Å². The number of carbonyl (C=O) groups is 1. The second-order valence-electron chi connectivity index (χ2n) is 3.86. The highest BCUT2D eigenvalue weighted by molar-refractivity contribution is 5.85. The first-order valence-corrected chi connectivity index (χ1v) is 3.97. The Morgan fingerprint density at radius 3 is 2.80 bits per heavy atom. The van der Waals surface area contributed by atoms with Crippen LogP contribution in [-0.4, -0.2) is 18.0 Å². The first-order chi connectivity index (χ1) is 4.80. The molecule has 2 saturated carbocycles. The van der Waals surface area contributed by atoms with Gasteiger partial charge >= 0.3 is 0 Å². The molecule has 1 saturated heterocycles. The third kappa shape index (κ3) is 0.439. The van der Waals surface area contributed by atoms with Crippen LogP contribution in [0.5, 0.6) is 0 Å². The SMILES string of the molecule is O=C1C[C@@H]2C[C@H]1CC21CO1. The van der Waals surface area contributed by atoms with Crippen LogP contribution < -0.4 is 0 Å². The maximum Gasteiger partial charge on any atom is 0.136 e. The molecule has 0 aromatic carbocycles. The Labute approximate surface area is 59.6 Å². The van der Waals surface area contributed by atoms with E-state index in [1.54, 1.807) is 0 Å². The third-order valence-corrected chi connectivity index (χ3v) is 3.32. The molecule has 0 aromatic heterocycles. The van der Waals surface area contributed by atoms with E-state index in [0.717, 1.165) is 25.9 Å². The second kappa shape index (κ2) is 1.30. The number of rotatable bonds is 0. The maximum absolute atomic E-state index is 11.1. The summed E-state index contributed by atoms with van der Waals surface area (Å²) in [4.78, 5) is 11.1. The molecule has 3 aliphatic rings. The van der Waals surface area contributed by atoms with Gasteiger partial charge in [0.25, 0.3) is 0 Å². The zero-order valence-electron chi connectivity index (χ0n) is 5.80. The van der Waals surface area contributed by atoms with E-state index < -0.39 is 0 Å². The molecule has 1 spiro atoms. The van der Waals surface area contributed by atoms with Crippen LogP contribution in [0.15, 0.2) is 0 Å². The molecule has 2 bridgehead atoms. The van der Waals surface area contributed by atoms with Crippen molar-refractivity contribution in [1.82, 2.24) is 0 Å². The fourth-order valence-corrected chi connectivity index (χ4v) is 2.60. The molecule has 54 valence electrons. The number of ether oxygens (including phenoxy) is 1. The lowest BCUT2D eigenvalue weighted by Crippen LogP contribution is -2.24. The molecule has 3 fully saturated rings. The Kier molecular flexibility index (Phi) is 0.691. The predicted octanol–water partition coefficient (Wildman–Crippen LogP) is 0.754. The quantitative estimate of drug-likeness (QED) is 0.462. The minimum atomic E-state index is 0.221. The molecule has 1 heterocycles. The number of hydrogen-bond donors (Lipinski definition) is 0. The smallest absolute Gasteiger partial charge is 0.136 e. The summed E-state index contributed by atoms with van der Waals surface area (Å²) in [7, 11) is 0. The number of ketones is 1. The van der Waals surface area contributed by atoms with Gasteiger partial charge in [0, 0.05) is 12.3 Å². The number of Topliss-reactive ketones (excluding diaryl/α,β-unsaturated/α-hetero) is 1. The van der Waals surface area contributed by atoms with Gasteiger partial charge in [0.05, 0.1) is 12.2 Å². The van der Waals surface area contributed by atoms with Crippen LogP contribution in [0.25, 0.3) is 0 Å². The van der Waals surface area contributed by atoms with Crippen molar-refractivity contribution in [3.05, 3.63) is 0 Å². The van der Waals surface area contributed by atoms with Crippen molar-refractivity contribution in [2.45, 2.75) is 24.9 Å². The molecule has 0 N–H and O–H groups in total. The fourth-order valence-electron chi connectivity index (χ4n) is 2.60. The van der Waals surface area contributed by atoms with E-state index >= 15 is 0 Å². The van der Waals surface area contributed by atoms with Gasteiger partial charge in [-0.25, -0.2) is 0 Å². The van der Waals surface area contributed by atoms with Gasteiger partial charge in [-0.05, 0) is 18.8 Å². The standard InChI is InChI=1S/C8H10O2/c9-7-2-6-1-5(7)3-8(6)4-10-8/h5-6H,1-4H2/t5-,6-,8?/m0/s1. The lowest BCUT2D eigenvalue weighted by Gasteiger charge is -2.15. The summed E-state index contributed by atoms with van der Waals surface area (Å²) in [6.07, 6.45) is 2.97. The molecule has 0 amide bonds. The maximum atomic E-state index is 11.1. The van der Waals surface area contributed by atoms with Gasteiger partial charge in [-0.1, -0.05) is 0 Å². The Hall–Kier alpha value is -0.370. The van der Waals surface area contributed by atoms with Gasteiger partial charge in [-0.2, -0.15) is 0 Å². The van der Waals surface area contributed by atoms with Gasteiger partial charge < -0.3 is 4.74 Å². The fraction of sp³-hybridized carbons (Fsp3) is 0.875. The molecular weight excluding hydrogens is 128 g/mol. The van der Waals surface area contributed by atoms with Crippen LogP contribution in [-0.2, 0) is 9.53 Å². The Balaban J connectivity index is 1.96. The Morgan fingerprint density at radius 2 is 2.40 bits per heavy atom. The van der Waals surface area contributed by atoms with E-state index in [1.807, 2.05) is 0 Å². The predicted molar refractivity (Wildman–Crippen MR) is 34.5 cm³/mol. The Bertz CT molecular complexity index is 205. The van der Waals surface area contributed by atoms with E-state index in [0.29, 0.717) is 17.6 Å². The van der Waals surface area contributed by atoms with Gasteiger partial charge in [-0.15, -0.1) is 0 Å². The highest BCUT2D eigenvalue weighted by Crippen LogP contribution is 2.56. The molecule has 2 aliphatic carbocycles. The summed E-state index contributed by atoms with van der Waals surface area (Å²) in [6, 6.07) is 0. The lowest BCUT2D eigenvalue weighted by molar-refractivity contribution is -0.122. The van der Waals surface area contributed by atoms with Crippen molar-refractivity contribution >= 4 is 5.78 Å². The van der Waals surface area contributed by atoms with E-state index in [9.17, 15) is 4.79 Å². The summed E-state index contributed by atoms with van der Waals surface area (Å²) in [5, 5.41) is 0. The first-order valence-electron chi connectivity index (χ1n) is 3.97. The largest absolute Gasteiger partial charge is 0.369 e. The minimum absolute atomic E-state index is 0.221. The highest BCUT2D eigenvalue weighted by atomic mass is 16.6. The average molecular weight is 138 g/mol. The van der Waals surface area contributed by atoms with Crippen molar-refractivity contribution < 1.29 is 9.53 Å². The van der Waals surface area contributed by atoms with E-state index in [1.165, 1.54) is 0 Å². The summed E-state index contributed by atoms with van der Waals surface area (Å²) < 4.78 is 5.39. The zero-order chi connectivity index (χ0) is 6.77. The van der Waals surface area contributed by atoms with Gasteiger partial charge in [0.1, 0.15) is 5.78 Å². The highest BCUT2D eigenvalue weighted by Gasteiger charge is 2.62. The van der Waals surface area contributed by atoms with Crippen LogP contribution >= 0.6 is 0 Å². The van der Waals surface area contributed by atoms with E-state index in [2.05, 4.69) is 0 Å². The van der Waals surface area contributed by atoms with Crippen molar-refractivity contribution in [1.29, 1.82) is 0 Å². The monoisotopic (exact) mass is 138 g/mol. The molecule has 1 aliphatic heterocycles. The molecule has 1 unspecified atom stereocenters. The minimum Gasteiger partial charge on any atom is -0.369 e. The van der Waals surface area contributed by atoms with Crippen LogP contribution in [0, 0.1) is 11.8 Å². The molecule has 2 nitrogen and oxygen atoms in total. The number of carbonyl (C=O) groups excluding carboxylic acids is 1. The topological polar surface area (TPSA) is 29.6 Å². The normalized spacial score (nSPS) is 56.6. The third-order valence-electron chi connectivity index (χ3n) is 3.32. The van der Waals surface area contributed by atoms with Crippen molar-refractivity contribution in [2.75, 3.05) is 6.61 Å². The van der Waals surface area contributed by atoms with E-state index in [-0.39, 0.29) is 5.60 Å². The summed E-state index contributed by atoms with van der Waals surface area (Å²) in [5.41, 5.74) is 0.221. The van der Waals surface area contributed by atoms with Crippen LogP contribution in [0.3, 0.4) is 0 Å². The van der Waals surface area contributed by atoms with E-state index in [4.69, 9.17) is 4.74 Å². The van der Waals surface area contributed by atoms with Crippen LogP contribution in [0.2, 0.25) is 0 Å². The van der Waals surface area contributed by atoms with Crippen LogP contribution in [0.1, 0.15) is 19.3 Å². The molecule has 10 heavy (non-hydrogen) atoms. The van der Waals surface area contributed by atoms with Crippen LogP contribution in [0.4, 0.5) is 0 Å². The number of fused-ring (bicyclic) bond motifs is 3. The Morgan fingerprint density at radius 1 is 1.60 bits per heavy atom. The summed E-state index contributed by atoms with van der Waals surface area (Å²) in [5.74, 6) is 1.48. The lowest BCUT2D eigenvalue weighted by atomic mass is 9.89. The molecule has 0 aromatic rings. The van der Waals surface area contributed by atoms with Crippen molar-refractivity contribution in [3.63, 3.8) is 0 Å². The molecular formula is C8H10O2. The average Bonchev–Trinajstić information content (AvgIpc) is 2.42. The zero-order valence-corrected chi connectivity index (χ0v) is 5.80. The summed E-state index contributed by atoms with van der Waals surface area (Å²) >= 11 is 0. The van der Waals surface area contributed by atoms with Gasteiger partial charge in [0.2, 0.25) is 0 Å². The second-order valence-corrected chi connectivity index (χ2v) is 3.86. The van der Waals surface area contributed by atoms with Gasteiger partial charge in [0.15, 0.2) is 0 Å². The van der Waals surface area contributed by atoms with Crippen molar-refractivity contribution in [3.8, 4) is 0 Å². The summed E-state index contributed by atoms with van der Waals surface area (Å²) in [6.45, 7) is 0.932.